The van der Waals surface area contributed by atoms with Crippen molar-refractivity contribution in [1.29, 1.82) is 0 Å². The van der Waals surface area contributed by atoms with Gasteiger partial charge in [0.15, 0.2) is 5.69 Å². The molecule has 6 nitrogen and oxygen atoms in total. The van der Waals surface area contributed by atoms with Gasteiger partial charge in [-0.15, -0.1) is 17.5 Å². The fourth-order valence-electron chi connectivity index (χ4n) is 3.15. The van der Waals surface area contributed by atoms with Gasteiger partial charge in [-0.05, 0) is 45.2 Å². The highest BCUT2D eigenvalue weighted by Crippen LogP contribution is 2.25. The van der Waals surface area contributed by atoms with Gasteiger partial charge in [0.2, 0.25) is 0 Å². The summed E-state index contributed by atoms with van der Waals surface area (Å²) in [6, 6.07) is 0.673. The number of hydrogen-bond acceptors (Lipinski definition) is 4. The summed E-state index contributed by atoms with van der Waals surface area (Å²) in [7, 11) is 0. The highest BCUT2D eigenvalue weighted by atomic mass is 35.5. The fourth-order valence-corrected chi connectivity index (χ4v) is 3.15. The SMILES string of the molecule is CC1CCN(C(=O)c2cn(C3CCNCC3)nn2)C1C.Cl. The van der Waals surface area contributed by atoms with Crippen molar-refractivity contribution < 1.29 is 4.79 Å². The molecule has 2 aliphatic heterocycles. The zero-order valence-corrected chi connectivity index (χ0v) is 13.5. The third-order valence-electron chi connectivity index (χ3n) is 4.81. The van der Waals surface area contributed by atoms with Crippen molar-refractivity contribution in [2.45, 2.75) is 45.2 Å². The molecule has 21 heavy (non-hydrogen) atoms. The summed E-state index contributed by atoms with van der Waals surface area (Å²) < 4.78 is 1.87. The van der Waals surface area contributed by atoms with Gasteiger partial charge in [0, 0.05) is 12.6 Å². The molecule has 2 atom stereocenters. The van der Waals surface area contributed by atoms with E-state index in [2.05, 4.69) is 29.5 Å². The predicted molar refractivity (Wildman–Crippen MR) is 82.7 cm³/mol. The molecular formula is C14H24ClN5O. The average Bonchev–Trinajstić information content (AvgIpc) is 3.08. The van der Waals surface area contributed by atoms with Crippen LogP contribution in [0.5, 0.6) is 0 Å². The monoisotopic (exact) mass is 313 g/mol. The molecule has 7 heteroatoms. The standard InChI is InChI=1S/C14H23N5O.ClH/c1-10-5-8-18(11(10)2)14(20)13-9-19(17-16-13)12-3-6-15-7-4-12;/h9-12,15H,3-8H2,1-2H3;1H. The number of likely N-dealkylation sites (tertiary alicyclic amines) is 1. The first kappa shape index (κ1) is 16.2. The van der Waals surface area contributed by atoms with E-state index in [0.29, 0.717) is 23.7 Å². The number of piperidine rings is 1. The Kier molecular flexibility index (Phi) is 5.22. The van der Waals surface area contributed by atoms with Crippen LogP contribution in [0.2, 0.25) is 0 Å². The third kappa shape index (κ3) is 3.21. The second-order valence-electron chi connectivity index (χ2n) is 6.07. The second-order valence-corrected chi connectivity index (χ2v) is 6.07. The van der Waals surface area contributed by atoms with Crippen LogP contribution in [-0.4, -0.2) is 51.5 Å². The quantitative estimate of drug-likeness (QED) is 0.898. The van der Waals surface area contributed by atoms with Gasteiger partial charge in [-0.1, -0.05) is 12.1 Å². The molecule has 0 aromatic carbocycles. The molecule has 2 saturated heterocycles. The molecule has 0 saturated carbocycles. The van der Waals surface area contributed by atoms with Crippen LogP contribution in [0.1, 0.15) is 49.6 Å². The average molecular weight is 314 g/mol. The third-order valence-corrected chi connectivity index (χ3v) is 4.81. The van der Waals surface area contributed by atoms with Crippen LogP contribution in [0, 0.1) is 5.92 Å². The normalized spacial score (nSPS) is 26.7. The molecule has 0 bridgehead atoms. The molecule has 0 spiro atoms. The number of aromatic nitrogens is 3. The van der Waals surface area contributed by atoms with E-state index < -0.39 is 0 Å². The highest BCUT2D eigenvalue weighted by molar-refractivity contribution is 5.92. The largest absolute Gasteiger partial charge is 0.334 e. The van der Waals surface area contributed by atoms with Crippen LogP contribution in [-0.2, 0) is 0 Å². The van der Waals surface area contributed by atoms with Gasteiger partial charge in [-0.2, -0.15) is 0 Å². The lowest BCUT2D eigenvalue weighted by atomic mass is 10.1. The summed E-state index contributed by atoms with van der Waals surface area (Å²) >= 11 is 0. The van der Waals surface area contributed by atoms with Crippen molar-refractivity contribution in [3.05, 3.63) is 11.9 Å². The van der Waals surface area contributed by atoms with E-state index in [1.807, 2.05) is 15.8 Å². The molecule has 3 heterocycles. The minimum absolute atomic E-state index is 0. The molecule has 2 unspecified atom stereocenters. The Bertz CT molecular complexity index is 485. The molecule has 1 aromatic heterocycles. The van der Waals surface area contributed by atoms with Crippen molar-refractivity contribution in [3.63, 3.8) is 0 Å². The number of nitrogens with zero attached hydrogens (tertiary/aromatic N) is 4. The Morgan fingerprint density at radius 1 is 1.29 bits per heavy atom. The fraction of sp³-hybridized carbons (Fsp3) is 0.786. The van der Waals surface area contributed by atoms with Crippen molar-refractivity contribution >= 4 is 18.3 Å². The van der Waals surface area contributed by atoms with Gasteiger partial charge in [-0.25, -0.2) is 4.68 Å². The van der Waals surface area contributed by atoms with Gasteiger partial charge in [0.05, 0.1) is 12.2 Å². The first-order valence-electron chi connectivity index (χ1n) is 7.60. The lowest BCUT2D eigenvalue weighted by Gasteiger charge is -2.23. The number of rotatable bonds is 2. The predicted octanol–water partition coefficient (Wildman–Crippen LogP) is 1.49. The lowest BCUT2D eigenvalue weighted by Crippen LogP contribution is -2.35. The van der Waals surface area contributed by atoms with Crippen LogP contribution in [0.4, 0.5) is 0 Å². The lowest BCUT2D eigenvalue weighted by molar-refractivity contribution is 0.0729. The van der Waals surface area contributed by atoms with Gasteiger partial charge in [0.25, 0.3) is 5.91 Å². The minimum Gasteiger partial charge on any atom is -0.334 e. The zero-order valence-electron chi connectivity index (χ0n) is 12.7. The van der Waals surface area contributed by atoms with Gasteiger partial charge in [0.1, 0.15) is 0 Å². The summed E-state index contributed by atoms with van der Waals surface area (Å²) in [5, 5.41) is 11.6. The van der Waals surface area contributed by atoms with Crippen LogP contribution < -0.4 is 5.32 Å². The van der Waals surface area contributed by atoms with E-state index >= 15 is 0 Å². The van der Waals surface area contributed by atoms with Crippen molar-refractivity contribution in [2.24, 2.45) is 5.92 Å². The highest BCUT2D eigenvalue weighted by Gasteiger charge is 2.33. The van der Waals surface area contributed by atoms with E-state index in [1.165, 1.54) is 0 Å². The molecule has 118 valence electrons. The van der Waals surface area contributed by atoms with Gasteiger partial charge < -0.3 is 10.2 Å². The Labute approximate surface area is 131 Å². The number of amides is 1. The van der Waals surface area contributed by atoms with Crippen LogP contribution in [0.3, 0.4) is 0 Å². The maximum Gasteiger partial charge on any atom is 0.276 e. The zero-order chi connectivity index (χ0) is 14.1. The van der Waals surface area contributed by atoms with Crippen LogP contribution in [0.25, 0.3) is 0 Å². The molecule has 1 aromatic rings. The first-order valence-corrected chi connectivity index (χ1v) is 7.60. The molecule has 1 amide bonds. The Morgan fingerprint density at radius 2 is 2.00 bits per heavy atom. The molecule has 0 radical (unpaired) electrons. The molecule has 2 fully saturated rings. The number of carbonyl (C=O) groups excluding carboxylic acids is 1. The topological polar surface area (TPSA) is 63.1 Å². The van der Waals surface area contributed by atoms with E-state index in [1.54, 1.807) is 0 Å². The van der Waals surface area contributed by atoms with Gasteiger partial charge >= 0.3 is 0 Å². The Balaban J connectivity index is 0.00000161. The van der Waals surface area contributed by atoms with E-state index in [4.69, 9.17) is 0 Å². The summed E-state index contributed by atoms with van der Waals surface area (Å²) in [6.07, 6.45) is 5.01. The van der Waals surface area contributed by atoms with Crippen LogP contribution in [0.15, 0.2) is 6.20 Å². The number of hydrogen-bond donors (Lipinski definition) is 1. The molecule has 3 rings (SSSR count). The van der Waals surface area contributed by atoms with E-state index in [9.17, 15) is 4.79 Å². The molecule has 1 N–H and O–H groups in total. The summed E-state index contributed by atoms with van der Waals surface area (Å²) in [5.41, 5.74) is 0.490. The maximum absolute atomic E-state index is 12.5. The smallest absolute Gasteiger partial charge is 0.276 e. The minimum atomic E-state index is 0. The van der Waals surface area contributed by atoms with E-state index in [0.717, 1.165) is 38.9 Å². The number of nitrogens with one attached hydrogen (secondary N) is 1. The Morgan fingerprint density at radius 3 is 2.62 bits per heavy atom. The van der Waals surface area contributed by atoms with Gasteiger partial charge in [-0.3, -0.25) is 4.79 Å². The summed E-state index contributed by atoms with van der Waals surface area (Å²) in [4.78, 5) is 14.4. The molecule has 2 aliphatic rings. The van der Waals surface area contributed by atoms with Crippen molar-refractivity contribution in [1.82, 2.24) is 25.2 Å². The molecular weight excluding hydrogens is 290 g/mol. The summed E-state index contributed by atoms with van der Waals surface area (Å²) in [6.45, 7) is 7.17. The van der Waals surface area contributed by atoms with E-state index in [-0.39, 0.29) is 18.3 Å². The first-order chi connectivity index (χ1) is 9.66. The Hall–Kier alpha value is -1.14. The number of halogens is 1. The second kappa shape index (κ2) is 6.75. The number of carbonyl (C=O) groups is 1. The maximum atomic E-state index is 12.5. The van der Waals surface area contributed by atoms with Crippen molar-refractivity contribution in [2.75, 3.05) is 19.6 Å². The van der Waals surface area contributed by atoms with Crippen molar-refractivity contribution in [3.8, 4) is 0 Å². The van der Waals surface area contributed by atoms with Crippen LogP contribution >= 0.6 is 12.4 Å². The summed E-state index contributed by atoms with van der Waals surface area (Å²) in [5.74, 6) is 0.598. The molecule has 0 aliphatic carbocycles.